The number of halogens is 4. The number of ether oxygens (including phenoxy) is 1. The third-order valence-corrected chi connectivity index (χ3v) is 7.50. The molecule has 1 heterocycles. The third-order valence-electron chi connectivity index (χ3n) is 5.07. The van der Waals surface area contributed by atoms with E-state index >= 15 is 0 Å². The van der Waals surface area contributed by atoms with Crippen LogP contribution in [0.1, 0.15) is 16.7 Å². The average molecular weight is 657 g/mol. The number of carbonyl (C=O) groups excluding carboxylic acids is 2. The molecule has 7 nitrogen and oxygen atoms in total. The summed E-state index contributed by atoms with van der Waals surface area (Å²) in [5.74, 6) is -0.477. The van der Waals surface area contributed by atoms with Crippen LogP contribution in [0, 0.1) is 15.9 Å². The molecule has 1 saturated heterocycles. The predicted molar refractivity (Wildman–Crippen MR) is 142 cm³/mol. The van der Waals surface area contributed by atoms with Crippen molar-refractivity contribution in [1.82, 2.24) is 4.90 Å². The van der Waals surface area contributed by atoms with Gasteiger partial charge in [0.1, 0.15) is 18.2 Å². The Balaban J connectivity index is 1.48. The first kappa shape index (κ1) is 26.3. The number of carbonyl (C=O) groups is 2. The van der Waals surface area contributed by atoms with E-state index in [4.69, 9.17) is 16.3 Å². The molecule has 36 heavy (non-hydrogen) atoms. The smallest absolute Gasteiger partial charge is 0.293 e. The van der Waals surface area contributed by atoms with E-state index in [0.29, 0.717) is 25.8 Å². The molecule has 1 fully saturated rings. The number of nitro groups is 1. The first-order chi connectivity index (χ1) is 17.1. The van der Waals surface area contributed by atoms with Crippen LogP contribution in [0.2, 0.25) is 5.02 Å². The van der Waals surface area contributed by atoms with Crippen LogP contribution in [-0.4, -0.2) is 21.0 Å². The second kappa shape index (κ2) is 11.1. The van der Waals surface area contributed by atoms with Gasteiger partial charge in [0.25, 0.3) is 16.8 Å². The maximum absolute atomic E-state index is 13.3. The van der Waals surface area contributed by atoms with Crippen LogP contribution in [0.5, 0.6) is 5.75 Å². The van der Waals surface area contributed by atoms with E-state index in [2.05, 4.69) is 31.9 Å². The molecule has 0 N–H and O–H groups in total. The molecule has 1 aliphatic rings. The average Bonchev–Trinajstić information content (AvgIpc) is 3.07. The van der Waals surface area contributed by atoms with Crippen LogP contribution in [0.3, 0.4) is 0 Å². The summed E-state index contributed by atoms with van der Waals surface area (Å²) in [6.07, 6.45) is 1.59. The van der Waals surface area contributed by atoms with Crippen molar-refractivity contribution in [2.24, 2.45) is 0 Å². The van der Waals surface area contributed by atoms with Crippen molar-refractivity contribution in [3.8, 4) is 5.75 Å². The molecule has 184 valence electrons. The van der Waals surface area contributed by atoms with Crippen LogP contribution in [-0.2, 0) is 17.9 Å². The largest absolute Gasteiger partial charge is 0.487 e. The lowest BCUT2D eigenvalue weighted by atomic mass is 10.2. The Morgan fingerprint density at radius 3 is 2.36 bits per heavy atom. The van der Waals surface area contributed by atoms with Gasteiger partial charge in [-0.15, -0.1) is 0 Å². The summed E-state index contributed by atoms with van der Waals surface area (Å²) in [7, 11) is 0. The highest BCUT2D eigenvalue weighted by molar-refractivity contribution is 9.11. The fourth-order valence-electron chi connectivity index (χ4n) is 3.28. The Hall–Kier alpha value is -2.73. The molecule has 12 heteroatoms. The Bertz CT molecular complexity index is 1400. The summed E-state index contributed by atoms with van der Waals surface area (Å²) in [5.41, 5.74) is 1.84. The van der Waals surface area contributed by atoms with E-state index in [-0.39, 0.29) is 28.8 Å². The number of nitrogens with zero attached hydrogens (tertiary/aromatic N) is 2. The minimum absolute atomic E-state index is 0.00404. The first-order valence-corrected chi connectivity index (χ1v) is 12.9. The zero-order valence-corrected chi connectivity index (χ0v) is 22.8. The van der Waals surface area contributed by atoms with E-state index in [1.165, 1.54) is 24.3 Å². The second-order valence-corrected chi connectivity index (χ2v) is 10.6. The Kier molecular flexibility index (Phi) is 8.13. The lowest BCUT2D eigenvalue weighted by Gasteiger charge is -2.13. The lowest BCUT2D eigenvalue weighted by Crippen LogP contribution is -2.27. The van der Waals surface area contributed by atoms with Crippen molar-refractivity contribution in [2.45, 2.75) is 13.2 Å². The molecule has 3 aromatic rings. The van der Waals surface area contributed by atoms with Crippen LogP contribution in [0.25, 0.3) is 6.08 Å². The third kappa shape index (κ3) is 5.97. The van der Waals surface area contributed by atoms with E-state index in [0.717, 1.165) is 28.3 Å². The van der Waals surface area contributed by atoms with Crippen LogP contribution in [0.15, 0.2) is 68.4 Å². The topological polar surface area (TPSA) is 89.7 Å². The maximum atomic E-state index is 13.3. The van der Waals surface area contributed by atoms with E-state index < -0.39 is 21.9 Å². The van der Waals surface area contributed by atoms with Crippen LogP contribution < -0.4 is 4.74 Å². The number of imide groups is 1. The molecule has 4 rings (SSSR count). The molecule has 0 bridgehead atoms. The van der Waals surface area contributed by atoms with Crippen molar-refractivity contribution in [3.63, 3.8) is 0 Å². The number of amides is 2. The van der Waals surface area contributed by atoms with Gasteiger partial charge >= 0.3 is 0 Å². The van der Waals surface area contributed by atoms with Gasteiger partial charge in [-0.3, -0.25) is 24.6 Å². The highest BCUT2D eigenvalue weighted by atomic mass is 79.9. The number of non-ortho nitro benzene ring substituents is 1. The van der Waals surface area contributed by atoms with Gasteiger partial charge in [0.05, 0.1) is 25.3 Å². The zero-order chi connectivity index (χ0) is 26.0. The fraction of sp³-hybridized carbons (Fsp3) is 0.0833. The van der Waals surface area contributed by atoms with Crippen LogP contribution >= 0.6 is 55.2 Å². The number of rotatable bonds is 7. The number of benzene rings is 3. The number of nitro benzene ring substituents is 1. The predicted octanol–water partition coefficient (Wildman–Crippen LogP) is 7.73. The van der Waals surface area contributed by atoms with Gasteiger partial charge in [0, 0.05) is 17.2 Å². The van der Waals surface area contributed by atoms with Gasteiger partial charge < -0.3 is 4.74 Å². The van der Waals surface area contributed by atoms with Gasteiger partial charge in [-0.1, -0.05) is 17.7 Å². The molecule has 0 radical (unpaired) electrons. The normalized spacial score (nSPS) is 14.6. The minimum Gasteiger partial charge on any atom is -0.487 e. The molecule has 0 spiro atoms. The van der Waals surface area contributed by atoms with Crippen molar-refractivity contribution in [1.29, 1.82) is 0 Å². The SMILES string of the molecule is O=C1S/C(=C\c2cc(Br)c(OCc3ccc([N+](=O)[O-])cc3)c(Br)c2)C(=O)N1Cc1ccc(F)cc1Cl. The first-order valence-electron chi connectivity index (χ1n) is 10.2. The van der Waals surface area contributed by atoms with Gasteiger partial charge in [0.2, 0.25) is 0 Å². The van der Waals surface area contributed by atoms with Crippen molar-refractivity contribution in [3.05, 3.63) is 106 Å². The number of hydrogen-bond acceptors (Lipinski definition) is 6. The van der Waals surface area contributed by atoms with Gasteiger partial charge in [-0.2, -0.15) is 0 Å². The highest BCUT2D eigenvalue weighted by Gasteiger charge is 2.35. The van der Waals surface area contributed by atoms with Gasteiger partial charge in [-0.25, -0.2) is 4.39 Å². The summed E-state index contributed by atoms with van der Waals surface area (Å²) in [5, 5.41) is 10.5. The molecular weight excluding hydrogens is 643 g/mol. The van der Waals surface area contributed by atoms with Crippen LogP contribution in [0.4, 0.5) is 14.9 Å². The summed E-state index contributed by atoms with van der Waals surface area (Å²) >= 11 is 13.8. The van der Waals surface area contributed by atoms with E-state index in [9.17, 15) is 24.1 Å². The molecule has 0 unspecified atom stereocenters. The summed E-state index contributed by atoms with van der Waals surface area (Å²) < 4.78 is 20.4. The molecule has 0 saturated carbocycles. The standard InChI is InChI=1S/C24H14Br2ClFN2O5S/c25-18-7-14(8-19(26)22(18)35-12-13-1-5-17(6-2-13)30(33)34)9-21-23(31)29(24(32)36-21)11-15-3-4-16(28)10-20(15)27/h1-10H,11-12H2/b21-9-. The van der Waals surface area contributed by atoms with Crippen molar-refractivity contribution < 1.29 is 23.6 Å². The Morgan fingerprint density at radius 1 is 1.08 bits per heavy atom. The fourth-order valence-corrected chi connectivity index (χ4v) is 5.79. The van der Waals surface area contributed by atoms with E-state index in [1.807, 2.05) is 0 Å². The molecular formula is C24H14Br2ClFN2O5S. The highest BCUT2D eigenvalue weighted by Crippen LogP contribution is 2.38. The van der Waals surface area contributed by atoms with E-state index in [1.54, 1.807) is 30.3 Å². The molecule has 3 aromatic carbocycles. The van der Waals surface area contributed by atoms with Crippen molar-refractivity contribution in [2.75, 3.05) is 0 Å². The van der Waals surface area contributed by atoms with Gasteiger partial charge in [-0.05, 0) is 103 Å². The molecule has 1 aliphatic heterocycles. The molecule has 0 aromatic heterocycles. The molecule has 2 amide bonds. The molecule has 0 atom stereocenters. The Morgan fingerprint density at radius 2 is 1.75 bits per heavy atom. The number of thioether (sulfide) groups is 1. The molecule has 0 aliphatic carbocycles. The summed E-state index contributed by atoms with van der Waals surface area (Å²) in [4.78, 5) is 37.0. The Labute approximate surface area is 230 Å². The zero-order valence-electron chi connectivity index (χ0n) is 18.0. The van der Waals surface area contributed by atoms with Crippen molar-refractivity contribution >= 4 is 78.1 Å². The lowest BCUT2D eigenvalue weighted by molar-refractivity contribution is -0.384. The number of hydrogen-bond donors (Lipinski definition) is 0. The summed E-state index contributed by atoms with van der Waals surface area (Å²) in [6, 6.07) is 13.3. The quantitative estimate of drug-likeness (QED) is 0.147. The minimum atomic E-state index is -0.505. The van der Waals surface area contributed by atoms with Gasteiger partial charge in [0.15, 0.2) is 0 Å². The summed E-state index contributed by atoms with van der Waals surface area (Å²) in [6.45, 7) is 0.114. The monoisotopic (exact) mass is 654 g/mol. The second-order valence-electron chi connectivity index (χ2n) is 7.53. The maximum Gasteiger partial charge on any atom is 0.293 e.